The summed E-state index contributed by atoms with van der Waals surface area (Å²) in [6.45, 7) is 0. The highest BCUT2D eigenvalue weighted by atomic mass is 35.5. The molecular weight excluding hydrogens is 99.5 g/mol. The van der Waals surface area contributed by atoms with Crippen LogP contribution in [-0.4, -0.2) is 6.34 Å². The predicted octanol–water partition coefficient (Wildman–Crippen LogP) is -3.93. The summed E-state index contributed by atoms with van der Waals surface area (Å²) in [5.74, 6) is 0. The summed E-state index contributed by atoms with van der Waals surface area (Å²) in [5, 5.41) is 1.89. The SMILES string of the molecule is C1=C[NH2+]C=N1.[Cl-]. The van der Waals surface area contributed by atoms with Gasteiger partial charge in [-0.25, -0.2) is 4.99 Å². The molecule has 1 heterocycles. The van der Waals surface area contributed by atoms with Crippen molar-refractivity contribution >= 4 is 6.34 Å². The van der Waals surface area contributed by atoms with E-state index in [2.05, 4.69) is 4.99 Å². The van der Waals surface area contributed by atoms with E-state index in [9.17, 15) is 0 Å². The van der Waals surface area contributed by atoms with Gasteiger partial charge in [-0.3, -0.25) is 5.32 Å². The molecule has 34 valence electrons. The van der Waals surface area contributed by atoms with Gasteiger partial charge in [-0.15, -0.1) is 0 Å². The normalized spacial score (nSPS) is 14.7. The van der Waals surface area contributed by atoms with E-state index in [1.807, 2.05) is 11.5 Å². The maximum Gasteiger partial charge on any atom is 0.191 e. The average Bonchev–Trinajstić information content (AvgIpc) is 1.76. The Morgan fingerprint density at radius 1 is 1.50 bits per heavy atom. The van der Waals surface area contributed by atoms with E-state index in [-0.39, 0.29) is 12.4 Å². The standard InChI is InChI=1S/C3H4N2.ClH/c1-2-5-3-4-1;/h1-3H,(H,4,5);1H. The maximum absolute atomic E-state index is 3.72. The minimum Gasteiger partial charge on any atom is -1.00 e. The topological polar surface area (TPSA) is 29.0 Å². The highest BCUT2D eigenvalue weighted by molar-refractivity contribution is 5.45. The maximum atomic E-state index is 3.72. The van der Waals surface area contributed by atoms with Gasteiger partial charge in [0.2, 0.25) is 0 Å². The molecule has 6 heavy (non-hydrogen) atoms. The molecule has 0 saturated carbocycles. The zero-order chi connectivity index (χ0) is 3.54. The molecular formula is C3H5ClN2. The Morgan fingerprint density at radius 3 is 2.50 bits per heavy atom. The number of quaternary nitrogens is 1. The summed E-state index contributed by atoms with van der Waals surface area (Å²) in [6.07, 6.45) is 5.39. The van der Waals surface area contributed by atoms with Crippen molar-refractivity contribution in [2.24, 2.45) is 4.99 Å². The van der Waals surface area contributed by atoms with E-state index in [4.69, 9.17) is 0 Å². The van der Waals surface area contributed by atoms with E-state index in [1.54, 1.807) is 12.5 Å². The molecule has 0 aromatic carbocycles. The smallest absolute Gasteiger partial charge is 0.191 e. The number of hydrogen-bond acceptors (Lipinski definition) is 1. The highest BCUT2D eigenvalue weighted by Crippen LogP contribution is 1.63. The first kappa shape index (κ1) is 5.66. The van der Waals surface area contributed by atoms with Gasteiger partial charge < -0.3 is 12.4 Å². The molecule has 0 radical (unpaired) electrons. The number of rotatable bonds is 0. The van der Waals surface area contributed by atoms with E-state index < -0.39 is 0 Å². The lowest BCUT2D eigenvalue weighted by Crippen LogP contribution is -3.00. The minimum atomic E-state index is 0. The fraction of sp³-hybridized carbons (Fsp3) is 0. The van der Waals surface area contributed by atoms with Crippen molar-refractivity contribution in [2.75, 3.05) is 0 Å². The quantitative estimate of drug-likeness (QED) is 0.325. The second kappa shape index (κ2) is 2.87. The van der Waals surface area contributed by atoms with Crippen LogP contribution in [0, 0.1) is 0 Å². The third kappa shape index (κ3) is 1.19. The molecule has 1 aliphatic heterocycles. The van der Waals surface area contributed by atoms with E-state index in [0.717, 1.165) is 0 Å². The van der Waals surface area contributed by atoms with Crippen molar-refractivity contribution in [3.8, 4) is 0 Å². The Morgan fingerprint density at radius 2 is 2.33 bits per heavy atom. The van der Waals surface area contributed by atoms with Crippen LogP contribution in [0.5, 0.6) is 0 Å². The summed E-state index contributed by atoms with van der Waals surface area (Å²) in [7, 11) is 0. The number of hydrogen-bond donors (Lipinski definition) is 1. The summed E-state index contributed by atoms with van der Waals surface area (Å²) in [4.78, 5) is 3.72. The van der Waals surface area contributed by atoms with Crippen LogP contribution in [0.2, 0.25) is 0 Å². The lowest BCUT2D eigenvalue weighted by atomic mass is 11.0. The van der Waals surface area contributed by atoms with Crippen LogP contribution in [0.4, 0.5) is 0 Å². The molecule has 2 nitrogen and oxygen atoms in total. The molecule has 0 unspecified atom stereocenters. The van der Waals surface area contributed by atoms with Crippen LogP contribution in [0.3, 0.4) is 0 Å². The third-order valence-corrected chi connectivity index (χ3v) is 0.455. The van der Waals surface area contributed by atoms with Gasteiger partial charge in [0.25, 0.3) is 0 Å². The summed E-state index contributed by atoms with van der Waals surface area (Å²) >= 11 is 0. The van der Waals surface area contributed by atoms with E-state index >= 15 is 0 Å². The van der Waals surface area contributed by atoms with Crippen LogP contribution in [0.25, 0.3) is 0 Å². The molecule has 0 aromatic rings. The van der Waals surface area contributed by atoms with E-state index in [0.29, 0.717) is 0 Å². The van der Waals surface area contributed by atoms with Crippen LogP contribution >= 0.6 is 0 Å². The van der Waals surface area contributed by atoms with Crippen LogP contribution in [0.1, 0.15) is 0 Å². The Balaban J connectivity index is 0.000000250. The molecule has 0 fully saturated rings. The number of nitrogens with two attached hydrogens (primary N) is 1. The average molecular weight is 105 g/mol. The van der Waals surface area contributed by atoms with Gasteiger partial charge >= 0.3 is 0 Å². The number of nitrogens with zero attached hydrogens (tertiary/aromatic N) is 1. The fourth-order valence-electron chi connectivity index (χ4n) is 0.248. The second-order valence-corrected chi connectivity index (χ2v) is 0.832. The Kier molecular flexibility index (Phi) is 2.71. The highest BCUT2D eigenvalue weighted by Gasteiger charge is 1.76. The lowest BCUT2D eigenvalue weighted by molar-refractivity contribution is -0.447. The zero-order valence-electron chi connectivity index (χ0n) is 3.13. The van der Waals surface area contributed by atoms with Gasteiger partial charge in [-0.05, 0) is 0 Å². The predicted molar refractivity (Wildman–Crippen MR) is 19.6 cm³/mol. The van der Waals surface area contributed by atoms with Crippen molar-refractivity contribution in [3.05, 3.63) is 12.4 Å². The first-order valence-electron chi connectivity index (χ1n) is 1.52. The summed E-state index contributed by atoms with van der Waals surface area (Å²) in [6, 6.07) is 0. The number of halogens is 1. The van der Waals surface area contributed by atoms with Crippen molar-refractivity contribution in [1.82, 2.24) is 0 Å². The molecule has 0 spiro atoms. The van der Waals surface area contributed by atoms with Gasteiger partial charge in [0.15, 0.2) is 6.34 Å². The van der Waals surface area contributed by atoms with Crippen molar-refractivity contribution in [2.45, 2.75) is 0 Å². The van der Waals surface area contributed by atoms with Crippen LogP contribution in [-0.2, 0) is 0 Å². The minimum absolute atomic E-state index is 0. The van der Waals surface area contributed by atoms with Crippen molar-refractivity contribution in [1.29, 1.82) is 0 Å². The van der Waals surface area contributed by atoms with Gasteiger partial charge in [-0.1, -0.05) is 0 Å². The lowest BCUT2D eigenvalue weighted by Gasteiger charge is -1.58. The third-order valence-electron chi connectivity index (χ3n) is 0.455. The molecule has 0 aromatic heterocycles. The van der Waals surface area contributed by atoms with Crippen LogP contribution in [0.15, 0.2) is 17.4 Å². The first-order chi connectivity index (χ1) is 2.50. The Bertz CT molecular complexity index is 66.9. The van der Waals surface area contributed by atoms with Crippen LogP contribution < -0.4 is 17.7 Å². The Labute approximate surface area is 42.4 Å². The largest absolute Gasteiger partial charge is 1.00 e. The molecule has 0 amide bonds. The molecule has 2 N–H and O–H groups in total. The van der Waals surface area contributed by atoms with Gasteiger partial charge in [0.1, 0.15) is 6.20 Å². The van der Waals surface area contributed by atoms with Gasteiger partial charge in [0, 0.05) is 0 Å². The van der Waals surface area contributed by atoms with Gasteiger partial charge in [0.05, 0.1) is 6.20 Å². The molecule has 1 rings (SSSR count). The van der Waals surface area contributed by atoms with Crippen molar-refractivity contribution < 1.29 is 17.7 Å². The molecule has 0 bridgehead atoms. The van der Waals surface area contributed by atoms with Crippen molar-refractivity contribution in [3.63, 3.8) is 0 Å². The van der Waals surface area contributed by atoms with Gasteiger partial charge in [-0.2, -0.15) is 0 Å². The molecule has 0 saturated heterocycles. The second-order valence-electron chi connectivity index (χ2n) is 0.832. The van der Waals surface area contributed by atoms with E-state index in [1.165, 1.54) is 0 Å². The fourth-order valence-corrected chi connectivity index (χ4v) is 0.248. The molecule has 0 atom stereocenters. The summed E-state index contributed by atoms with van der Waals surface area (Å²) < 4.78 is 0. The first-order valence-corrected chi connectivity index (χ1v) is 1.52. The summed E-state index contributed by atoms with van der Waals surface area (Å²) in [5.41, 5.74) is 0. The number of aliphatic imine (C=N–C) groups is 1. The zero-order valence-corrected chi connectivity index (χ0v) is 3.89. The monoisotopic (exact) mass is 104 g/mol. The molecule has 3 heteroatoms. The molecule has 1 aliphatic rings. The Hall–Kier alpha value is -0.340. The molecule has 0 aliphatic carbocycles.